The zero-order chi connectivity index (χ0) is 9.84. The molecule has 0 N–H and O–H groups in total. The second-order valence-electron chi connectivity index (χ2n) is 2.10. The topological polar surface area (TPSA) is 86.7 Å². The van der Waals surface area contributed by atoms with E-state index in [0.29, 0.717) is 12.2 Å². The van der Waals surface area contributed by atoms with Crippen molar-refractivity contribution in [3.8, 4) is 0 Å². The van der Waals surface area contributed by atoms with E-state index < -0.39 is 30.3 Å². The van der Waals surface area contributed by atoms with Gasteiger partial charge in [-0.1, -0.05) is 0 Å². The monoisotopic (exact) mass is 184 g/mol. The van der Waals surface area contributed by atoms with Gasteiger partial charge in [0.1, 0.15) is 6.42 Å². The Hall–Kier alpha value is -1.98. The highest BCUT2D eigenvalue weighted by Crippen LogP contribution is 1.97. The number of esters is 4. The Kier molecular flexibility index (Phi) is 2.53. The largest absolute Gasteiger partial charge is 0.389 e. The molecule has 0 aromatic carbocycles. The lowest BCUT2D eigenvalue weighted by Crippen LogP contribution is -2.16. The van der Waals surface area contributed by atoms with E-state index in [0.717, 1.165) is 0 Å². The normalized spacial score (nSPS) is 20.9. The van der Waals surface area contributed by atoms with Crippen LogP contribution in [0.5, 0.6) is 0 Å². The molecule has 0 saturated carbocycles. The fourth-order valence-corrected chi connectivity index (χ4v) is 0.619. The van der Waals surface area contributed by atoms with Gasteiger partial charge in [-0.2, -0.15) is 0 Å². The molecular formula is C7H4O6. The highest BCUT2D eigenvalue weighted by molar-refractivity contribution is 6.05. The summed E-state index contributed by atoms with van der Waals surface area (Å²) in [6, 6.07) is 0. The van der Waals surface area contributed by atoms with Crippen LogP contribution in [0.15, 0.2) is 12.2 Å². The van der Waals surface area contributed by atoms with Gasteiger partial charge in [0.05, 0.1) is 0 Å². The molecule has 13 heavy (non-hydrogen) atoms. The van der Waals surface area contributed by atoms with Gasteiger partial charge in [0.15, 0.2) is 0 Å². The maximum Gasteiger partial charge on any atom is 0.338 e. The van der Waals surface area contributed by atoms with Crippen molar-refractivity contribution in [2.45, 2.75) is 6.42 Å². The third kappa shape index (κ3) is 2.86. The Balaban J connectivity index is 2.81. The molecule has 0 spiro atoms. The maximum absolute atomic E-state index is 10.6. The Morgan fingerprint density at radius 2 is 1.23 bits per heavy atom. The number of cyclic esters (lactones) is 4. The van der Waals surface area contributed by atoms with Crippen LogP contribution in [0.4, 0.5) is 0 Å². The minimum atomic E-state index is -1.05. The van der Waals surface area contributed by atoms with Crippen LogP contribution in [0.1, 0.15) is 6.42 Å². The Morgan fingerprint density at radius 1 is 0.846 bits per heavy atom. The summed E-state index contributed by atoms with van der Waals surface area (Å²) in [5.74, 6) is -4.10. The molecule has 0 fully saturated rings. The van der Waals surface area contributed by atoms with Crippen molar-refractivity contribution >= 4 is 23.9 Å². The summed E-state index contributed by atoms with van der Waals surface area (Å²) in [6.45, 7) is 0. The molecule has 0 aromatic heterocycles. The van der Waals surface area contributed by atoms with E-state index in [-0.39, 0.29) is 0 Å². The zero-order valence-corrected chi connectivity index (χ0v) is 6.31. The van der Waals surface area contributed by atoms with E-state index in [1.165, 1.54) is 0 Å². The predicted octanol–water partition coefficient (Wildman–Crippen LogP) is -0.914. The van der Waals surface area contributed by atoms with Gasteiger partial charge in [-0.15, -0.1) is 0 Å². The summed E-state index contributed by atoms with van der Waals surface area (Å²) in [7, 11) is 0. The van der Waals surface area contributed by atoms with Gasteiger partial charge in [0.2, 0.25) is 0 Å². The van der Waals surface area contributed by atoms with E-state index in [2.05, 4.69) is 9.47 Å². The number of hydrogen-bond donors (Lipinski definition) is 0. The van der Waals surface area contributed by atoms with Crippen molar-refractivity contribution < 1.29 is 28.7 Å². The smallest absolute Gasteiger partial charge is 0.338 e. The fourth-order valence-electron chi connectivity index (χ4n) is 0.619. The lowest BCUT2D eigenvalue weighted by molar-refractivity contribution is -0.161. The van der Waals surface area contributed by atoms with Crippen LogP contribution in [-0.4, -0.2) is 23.9 Å². The molecule has 0 aliphatic carbocycles. The van der Waals surface area contributed by atoms with Crippen molar-refractivity contribution in [1.29, 1.82) is 0 Å². The average Bonchev–Trinajstić information content (AvgIpc) is 2.02. The SMILES string of the molecule is O=C1/C=C\C(=O)OC(=O)CC(=O)O1. The Labute approximate surface area is 72.1 Å². The second-order valence-corrected chi connectivity index (χ2v) is 2.10. The van der Waals surface area contributed by atoms with Crippen LogP contribution < -0.4 is 0 Å². The molecule has 0 radical (unpaired) electrons. The highest BCUT2D eigenvalue weighted by atomic mass is 16.6. The third-order valence-corrected chi connectivity index (χ3v) is 1.07. The molecule has 6 nitrogen and oxygen atoms in total. The second kappa shape index (κ2) is 3.61. The van der Waals surface area contributed by atoms with Crippen molar-refractivity contribution in [1.82, 2.24) is 0 Å². The standard InChI is InChI=1S/C7H4O6/c8-4-1-2-5(9)13-7(11)3-6(10)12-4/h1-2H,3H2/b2-1-. The minimum Gasteiger partial charge on any atom is -0.389 e. The third-order valence-electron chi connectivity index (χ3n) is 1.07. The van der Waals surface area contributed by atoms with Crippen molar-refractivity contribution in [2.75, 3.05) is 0 Å². The average molecular weight is 184 g/mol. The fraction of sp³-hybridized carbons (Fsp3) is 0.143. The van der Waals surface area contributed by atoms with E-state index in [9.17, 15) is 19.2 Å². The van der Waals surface area contributed by atoms with Crippen molar-refractivity contribution in [3.63, 3.8) is 0 Å². The van der Waals surface area contributed by atoms with Crippen molar-refractivity contribution in [3.05, 3.63) is 12.2 Å². The van der Waals surface area contributed by atoms with Gasteiger partial charge in [-0.05, 0) is 0 Å². The zero-order valence-electron chi connectivity index (χ0n) is 6.31. The first-order valence-corrected chi connectivity index (χ1v) is 3.25. The summed E-state index contributed by atoms with van der Waals surface area (Å²) in [5.41, 5.74) is 0. The number of carbonyl (C=O) groups excluding carboxylic acids is 4. The summed E-state index contributed by atoms with van der Waals surface area (Å²) in [6.07, 6.45) is 0.664. The lowest BCUT2D eigenvalue weighted by Gasteiger charge is -1.96. The summed E-state index contributed by atoms with van der Waals surface area (Å²) in [4.78, 5) is 42.5. The molecule has 1 rings (SSSR count). The molecule has 1 heterocycles. The van der Waals surface area contributed by atoms with Crippen LogP contribution >= 0.6 is 0 Å². The van der Waals surface area contributed by atoms with Crippen molar-refractivity contribution in [2.24, 2.45) is 0 Å². The molecule has 0 bridgehead atoms. The quantitative estimate of drug-likeness (QED) is 0.357. The molecular weight excluding hydrogens is 180 g/mol. The van der Waals surface area contributed by atoms with Gasteiger partial charge in [-0.3, -0.25) is 9.59 Å². The van der Waals surface area contributed by atoms with Crippen LogP contribution in [0.2, 0.25) is 0 Å². The van der Waals surface area contributed by atoms with E-state index >= 15 is 0 Å². The summed E-state index contributed by atoms with van der Waals surface area (Å²) < 4.78 is 8.14. The predicted molar refractivity (Wildman–Crippen MR) is 36.0 cm³/mol. The molecule has 0 unspecified atom stereocenters. The van der Waals surface area contributed by atoms with Crippen LogP contribution in [-0.2, 0) is 28.7 Å². The number of hydrogen-bond acceptors (Lipinski definition) is 6. The maximum atomic E-state index is 10.6. The van der Waals surface area contributed by atoms with Crippen LogP contribution in [0.25, 0.3) is 0 Å². The lowest BCUT2D eigenvalue weighted by atomic mass is 10.4. The number of carbonyl (C=O) groups is 4. The van der Waals surface area contributed by atoms with Gasteiger partial charge in [0, 0.05) is 12.2 Å². The number of rotatable bonds is 0. The molecule has 0 atom stereocenters. The summed E-state index contributed by atoms with van der Waals surface area (Å²) >= 11 is 0. The number of ether oxygens (including phenoxy) is 2. The van der Waals surface area contributed by atoms with Crippen LogP contribution in [0, 0.1) is 0 Å². The molecule has 0 saturated heterocycles. The molecule has 6 heteroatoms. The first-order valence-electron chi connectivity index (χ1n) is 3.25. The Morgan fingerprint density at radius 3 is 1.62 bits per heavy atom. The molecule has 1 aliphatic heterocycles. The minimum absolute atomic E-state index is 0.707. The van der Waals surface area contributed by atoms with E-state index in [1.54, 1.807) is 0 Å². The molecule has 68 valence electrons. The first-order chi connectivity index (χ1) is 6.08. The van der Waals surface area contributed by atoms with Gasteiger partial charge in [0.25, 0.3) is 0 Å². The summed E-state index contributed by atoms with van der Waals surface area (Å²) in [5, 5.41) is 0. The highest BCUT2D eigenvalue weighted by Gasteiger charge is 2.19. The van der Waals surface area contributed by atoms with Crippen LogP contribution in [0.3, 0.4) is 0 Å². The first kappa shape index (κ1) is 9.11. The van der Waals surface area contributed by atoms with Gasteiger partial charge < -0.3 is 9.47 Å². The molecule has 1 aliphatic rings. The van der Waals surface area contributed by atoms with Gasteiger partial charge in [-0.25, -0.2) is 9.59 Å². The van der Waals surface area contributed by atoms with Gasteiger partial charge >= 0.3 is 23.9 Å². The molecule has 0 amide bonds. The van der Waals surface area contributed by atoms with E-state index in [1.807, 2.05) is 0 Å². The Bertz CT molecular complexity index is 283. The molecule has 0 aromatic rings. The van der Waals surface area contributed by atoms with E-state index in [4.69, 9.17) is 0 Å².